The Labute approximate surface area is 134 Å². The molecule has 0 saturated heterocycles. The van der Waals surface area contributed by atoms with Crippen LogP contribution in [0.1, 0.15) is 10.6 Å². The minimum atomic E-state index is -0.873. The summed E-state index contributed by atoms with van der Waals surface area (Å²) >= 11 is 3.17. The van der Waals surface area contributed by atoms with Crippen LogP contribution in [-0.4, -0.2) is 31.6 Å². The van der Waals surface area contributed by atoms with Gasteiger partial charge in [-0.15, -0.1) is 0 Å². The number of esters is 1. The number of hydrogen-bond donors (Lipinski definition) is 0. The molecule has 1 amide bonds. The predicted molar refractivity (Wildman–Crippen MR) is 81.0 cm³/mol. The number of carbonyl (C=O) groups is 2. The van der Waals surface area contributed by atoms with Crippen molar-refractivity contribution in [1.82, 2.24) is 0 Å². The Morgan fingerprint density at radius 1 is 1.27 bits per heavy atom. The van der Waals surface area contributed by atoms with Crippen LogP contribution in [0, 0.1) is 0 Å². The van der Waals surface area contributed by atoms with E-state index in [1.165, 1.54) is 12.0 Å². The Balaban J connectivity index is 1.98. The maximum absolute atomic E-state index is 12.6. The summed E-state index contributed by atoms with van der Waals surface area (Å²) in [6.07, 6.45) is -0.873. The molecule has 1 aliphatic rings. The summed E-state index contributed by atoms with van der Waals surface area (Å²) in [6, 6.07) is 10.2. The molecular formula is C15H12BrNO5. The summed E-state index contributed by atoms with van der Waals surface area (Å²) in [4.78, 5) is 25.9. The zero-order valence-electron chi connectivity index (χ0n) is 11.6. The molecule has 1 aliphatic heterocycles. The second kappa shape index (κ2) is 5.84. The van der Waals surface area contributed by atoms with Crippen molar-refractivity contribution >= 4 is 33.5 Å². The Morgan fingerprint density at radius 2 is 2.05 bits per heavy atom. The zero-order valence-corrected chi connectivity index (χ0v) is 13.2. The highest BCUT2D eigenvalue weighted by Crippen LogP contribution is 2.34. The number of methoxy groups -OCH3 is 1. The molecule has 0 radical (unpaired) electrons. The standard InChI is InChI=1S/C15H12BrNO5/c1-20-15(19)12-8-17(9-4-2-3-5-10(9)21-12)14(18)11-6-7-13(16)22-11/h2-7,12H,8H2,1H3. The van der Waals surface area contributed by atoms with Gasteiger partial charge in [-0.1, -0.05) is 12.1 Å². The molecule has 6 nitrogen and oxygen atoms in total. The molecule has 22 heavy (non-hydrogen) atoms. The summed E-state index contributed by atoms with van der Waals surface area (Å²) in [5.41, 5.74) is 0.583. The molecular weight excluding hydrogens is 354 g/mol. The number of amides is 1. The smallest absolute Gasteiger partial charge is 0.348 e. The molecule has 0 N–H and O–H groups in total. The van der Waals surface area contributed by atoms with E-state index in [2.05, 4.69) is 15.9 Å². The second-order valence-corrected chi connectivity index (χ2v) is 5.40. The van der Waals surface area contributed by atoms with Crippen LogP contribution in [0.15, 0.2) is 45.5 Å². The van der Waals surface area contributed by atoms with E-state index in [0.29, 0.717) is 16.1 Å². The molecule has 0 saturated carbocycles. The summed E-state index contributed by atoms with van der Waals surface area (Å²) < 4.78 is 16.1. The van der Waals surface area contributed by atoms with Gasteiger partial charge in [0.1, 0.15) is 5.75 Å². The molecule has 2 heterocycles. The normalized spacial score (nSPS) is 16.6. The van der Waals surface area contributed by atoms with Crippen molar-refractivity contribution in [2.75, 3.05) is 18.6 Å². The maximum Gasteiger partial charge on any atom is 0.348 e. The third-order valence-electron chi connectivity index (χ3n) is 3.27. The number of carbonyl (C=O) groups excluding carboxylic acids is 2. The van der Waals surface area contributed by atoms with Crippen molar-refractivity contribution in [3.63, 3.8) is 0 Å². The van der Waals surface area contributed by atoms with Crippen LogP contribution in [0.25, 0.3) is 0 Å². The lowest BCUT2D eigenvalue weighted by molar-refractivity contribution is -0.148. The molecule has 0 aliphatic carbocycles. The van der Waals surface area contributed by atoms with Crippen LogP contribution in [0.5, 0.6) is 5.75 Å². The van der Waals surface area contributed by atoms with E-state index in [0.717, 1.165) is 0 Å². The summed E-state index contributed by atoms with van der Waals surface area (Å²) in [6.45, 7) is 0.0564. The van der Waals surface area contributed by atoms with E-state index in [-0.39, 0.29) is 18.2 Å². The highest BCUT2D eigenvalue weighted by Gasteiger charge is 2.35. The van der Waals surface area contributed by atoms with Gasteiger partial charge in [-0.05, 0) is 40.2 Å². The molecule has 0 fully saturated rings. The lowest BCUT2D eigenvalue weighted by atomic mass is 10.1. The van der Waals surface area contributed by atoms with Gasteiger partial charge in [0.25, 0.3) is 5.91 Å². The number of rotatable bonds is 2. The van der Waals surface area contributed by atoms with Crippen molar-refractivity contribution in [2.24, 2.45) is 0 Å². The van der Waals surface area contributed by atoms with E-state index >= 15 is 0 Å². The number of benzene rings is 1. The average Bonchev–Trinajstić information content (AvgIpc) is 2.98. The number of nitrogens with zero attached hydrogens (tertiary/aromatic N) is 1. The molecule has 7 heteroatoms. The first-order valence-corrected chi connectivity index (χ1v) is 7.30. The van der Waals surface area contributed by atoms with Crippen molar-refractivity contribution < 1.29 is 23.5 Å². The fourth-order valence-electron chi connectivity index (χ4n) is 2.24. The number of anilines is 1. The zero-order chi connectivity index (χ0) is 15.7. The Kier molecular flexibility index (Phi) is 3.89. The number of furan rings is 1. The molecule has 1 atom stereocenters. The average molecular weight is 366 g/mol. The second-order valence-electron chi connectivity index (χ2n) is 4.62. The fraction of sp³-hybridized carbons (Fsp3) is 0.200. The fourth-order valence-corrected chi connectivity index (χ4v) is 2.55. The van der Waals surface area contributed by atoms with Crippen LogP contribution in [0.2, 0.25) is 0 Å². The van der Waals surface area contributed by atoms with Crippen molar-refractivity contribution in [2.45, 2.75) is 6.10 Å². The molecule has 3 rings (SSSR count). The SMILES string of the molecule is COC(=O)C1CN(C(=O)c2ccc(Br)o2)c2ccccc2O1. The number of halogens is 1. The van der Waals surface area contributed by atoms with Gasteiger partial charge < -0.3 is 13.9 Å². The van der Waals surface area contributed by atoms with Crippen molar-refractivity contribution in [3.05, 3.63) is 46.8 Å². The Hall–Kier alpha value is -2.28. The van der Waals surface area contributed by atoms with E-state index in [1.54, 1.807) is 36.4 Å². The van der Waals surface area contributed by atoms with Crippen LogP contribution >= 0.6 is 15.9 Å². The highest BCUT2D eigenvalue weighted by molar-refractivity contribution is 9.10. The Morgan fingerprint density at radius 3 is 2.73 bits per heavy atom. The quantitative estimate of drug-likeness (QED) is 0.765. The van der Waals surface area contributed by atoms with Gasteiger partial charge >= 0.3 is 5.97 Å². The first-order chi connectivity index (χ1) is 10.6. The van der Waals surface area contributed by atoms with E-state index in [1.807, 2.05) is 0 Å². The number of ether oxygens (including phenoxy) is 2. The maximum atomic E-state index is 12.6. The Bertz CT molecular complexity index is 726. The monoisotopic (exact) mass is 365 g/mol. The number of hydrogen-bond acceptors (Lipinski definition) is 5. The van der Waals surface area contributed by atoms with Crippen LogP contribution in [0.3, 0.4) is 0 Å². The first kappa shape index (κ1) is 14.6. The number of fused-ring (bicyclic) bond motifs is 1. The van der Waals surface area contributed by atoms with Crippen molar-refractivity contribution in [3.8, 4) is 5.75 Å². The molecule has 114 valence electrons. The first-order valence-electron chi connectivity index (χ1n) is 6.51. The molecule has 2 aromatic rings. The van der Waals surface area contributed by atoms with Gasteiger partial charge in [-0.3, -0.25) is 9.69 Å². The predicted octanol–water partition coefficient (Wildman–Crippen LogP) is 2.62. The topological polar surface area (TPSA) is 69.0 Å². The van der Waals surface area contributed by atoms with E-state index in [4.69, 9.17) is 13.9 Å². The van der Waals surface area contributed by atoms with Gasteiger partial charge in [0.05, 0.1) is 19.3 Å². The highest BCUT2D eigenvalue weighted by atomic mass is 79.9. The van der Waals surface area contributed by atoms with Gasteiger partial charge in [0, 0.05) is 0 Å². The lowest BCUT2D eigenvalue weighted by Gasteiger charge is -2.33. The summed E-state index contributed by atoms with van der Waals surface area (Å²) in [5, 5.41) is 0. The lowest BCUT2D eigenvalue weighted by Crippen LogP contribution is -2.47. The minimum absolute atomic E-state index is 0.0564. The third-order valence-corrected chi connectivity index (χ3v) is 3.69. The van der Waals surface area contributed by atoms with Gasteiger partial charge in [0.15, 0.2) is 10.4 Å². The molecule has 1 aromatic heterocycles. The minimum Gasteiger partial charge on any atom is -0.475 e. The largest absolute Gasteiger partial charge is 0.475 e. The van der Waals surface area contributed by atoms with E-state index < -0.39 is 12.1 Å². The summed E-state index contributed by atoms with van der Waals surface area (Å²) in [7, 11) is 1.28. The van der Waals surface area contributed by atoms with Crippen LogP contribution in [0.4, 0.5) is 5.69 Å². The van der Waals surface area contributed by atoms with Crippen LogP contribution in [-0.2, 0) is 9.53 Å². The molecule has 1 aromatic carbocycles. The molecule has 0 bridgehead atoms. The van der Waals surface area contributed by atoms with Gasteiger partial charge in [-0.25, -0.2) is 4.79 Å². The molecule has 1 unspecified atom stereocenters. The van der Waals surface area contributed by atoms with Crippen LogP contribution < -0.4 is 9.64 Å². The van der Waals surface area contributed by atoms with Crippen molar-refractivity contribution in [1.29, 1.82) is 0 Å². The van der Waals surface area contributed by atoms with E-state index in [9.17, 15) is 9.59 Å². The van der Waals surface area contributed by atoms with Gasteiger partial charge in [0.2, 0.25) is 6.10 Å². The molecule has 0 spiro atoms. The third kappa shape index (κ3) is 2.59. The number of para-hydroxylation sites is 2. The van der Waals surface area contributed by atoms with Gasteiger partial charge in [-0.2, -0.15) is 0 Å². The summed E-state index contributed by atoms with van der Waals surface area (Å²) in [5.74, 6) is -0.265.